The molecule has 0 saturated carbocycles. The first kappa shape index (κ1) is 9.60. The Morgan fingerprint density at radius 1 is 1.33 bits per heavy atom. The highest BCUT2D eigenvalue weighted by Gasteiger charge is 2.13. The molecule has 0 amide bonds. The Hall–Kier alpha value is -1.95. The van der Waals surface area contributed by atoms with Crippen molar-refractivity contribution in [3.8, 4) is 10.6 Å². The third-order valence-electron chi connectivity index (χ3n) is 1.76. The molecule has 76 valence electrons. The second-order valence-electron chi connectivity index (χ2n) is 2.71. The van der Waals surface area contributed by atoms with Crippen molar-refractivity contribution in [3.05, 3.63) is 40.1 Å². The van der Waals surface area contributed by atoms with Crippen molar-refractivity contribution in [2.75, 3.05) is 0 Å². The summed E-state index contributed by atoms with van der Waals surface area (Å²) >= 11 is 1.01. The third kappa shape index (κ3) is 1.79. The first-order valence-corrected chi connectivity index (χ1v) is 4.82. The van der Waals surface area contributed by atoms with Crippen LogP contribution >= 0.6 is 11.3 Å². The van der Waals surface area contributed by atoms with Crippen LogP contribution in [0.5, 0.6) is 0 Å². The van der Waals surface area contributed by atoms with Crippen molar-refractivity contribution in [2.24, 2.45) is 0 Å². The van der Waals surface area contributed by atoms with Crippen LogP contribution in [0.2, 0.25) is 0 Å². The van der Waals surface area contributed by atoms with Crippen LogP contribution in [0.4, 0.5) is 5.00 Å². The Morgan fingerprint density at radius 2 is 2.13 bits per heavy atom. The summed E-state index contributed by atoms with van der Waals surface area (Å²) in [6.07, 6.45) is 0.589. The fourth-order valence-electron chi connectivity index (χ4n) is 1.11. The first-order chi connectivity index (χ1) is 7.20. The molecule has 0 fully saturated rings. The SMILES string of the molecule is O=Cc1ccc(-c2ccc([N+](=O)[O-])s2)o1. The van der Waals surface area contributed by atoms with Crippen LogP contribution in [0.1, 0.15) is 10.6 Å². The molecule has 0 aliphatic heterocycles. The molecule has 2 heterocycles. The zero-order chi connectivity index (χ0) is 10.8. The Morgan fingerprint density at radius 3 is 2.67 bits per heavy atom. The minimum atomic E-state index is -0.461. The highest BCUT2D eigenvalue weighted by Crippen LogP contribution is 2.33. The van der Waals surface area contributed by atoms with Crippen molar-refractivity contribution in [3.63, 3.8) is 0 Å². The van der Waals surface area contributed by atoms with E-state index in [2.05, 4.69) is 0 Å². The van der Waals surface area contributed by atoms with E-state index in [9.17, 15) is 14.9 Å². The number of furan rings is 1. The zero-order valence-electron chi connectivity index (χ0n) is 7.38. The maximum Gasteiger partial charge on any atom is 0.324 e. The first-order valence-electron chi connectivity index (χ1n) is 4.00. The summed E-state index contributed by atoms with van der Waals surface area (Å²) in [5.74, 6) is 0.677. The maximum absolute atomic E-state index is 10.4. The zero-order valence-corrected chi connectivity index (χ0v) is 8.19. The molecule has 0 aliphatic carbocycles. The van der Waals surface area contributed by atoms with Crippen molar-refractivity contribution in [1.82, 2.24) is 0 Å². The smallest absolute Gasteiger partial charge is 0.324 e. The number of nitrogens with zero attached hydrogens (tertiary/aromatic N) is 1. The summed E-state index contributed by atoms with van der Waals surface area (Å²) in [6.45, 7) is 0. The van der Waals surface area contributed by atoms with E-state index in [0.29, 0.717) is 16.9 Å². The van der Waals surface area contributed by atoms with Crippen molar-refractivity contribution >= 4 is 22.6 Å². The van der Waals surface area contributed by atoms with Gasteiger partial charge in [0, 0.05) is 6.07 Å². The maximum atomic E-state index is 10.4. The van der Waals surface area contributed by atoms with Gasteiger partial charge in [-0.05, 0) is 18.2 Å². The average molecular weight is 223 g/mol. The Labute approximate surface area is 88.1 Å². The molecule has 5 nitrogen and oxygen atoms in total. The van der Waals surface area contributed by atoms with Gasteiger partial charge < -0.3 is 4.42 Å². The Balaban J connectivity index is 2.36. The highest BCUT2D eigenvalue weighted by molar-refractivity contribution is 7.18. The summed E-state index contributed by atoms with van der Waals surface area (Å²) in [4.78, 5) is 21.0. The molecular weight excluding hydrogens is 218 g/mol. The predicted octanol–water partition coefficient (Wildman–Crippen LogP) is 2.73. The minimum Gasteiger partial charge on any atom is -0.452 e. The molecular formula is C9H5NO4S. The molecule has 2 rings (SSSR count). The lowest BCUT2D eigenvalue weighted by atomic mass is 10.3. The number of nitro groups is 1. The monoisotopic (exact) mass is 223 g/mol. The second-order valence-corrected chi connectivity index (χ2v) is 3.78. The van der Waals surface area contributed by atoms with Gasteiger partial charge in [0.25, 0.3) is 0 Å². The molecule has 0 saturated heterocycles. The molecule has 2 aromatic heterocycles. The predicted molar refractivity (Wildman–Crippen MR) is 54.1 cm³/mol. The van der Waals surface area contributed by atoms with Gasteiger partial charge in [0.1, 0.15) is 5.76 Å². The van der Waals surface area contributed by atoms with Gasteiger partial charge in [0.2, 0.25) is 0 Å². The van der Waals surface area contributed by atoms with E-state index in [0.717, 1.165) is 11.3 Å². The molecule has 2 aromatic rings. The van der Waals surface area contributed by atoms with Crippen LogP contribution in [0.25, 0.3) is 10.6 Å². The van der Waals surface area contributed by atoms with E-state index in [-0.39, 0.29) is 10.8 Å². The topological polar surface area (TPSA) is 73.3 Å². The van der Waals surface area contributed by atoms with Crippen molar-refractivity contribution in [2.45, 2.75) is 0 Å². The largest absolute Gasteiger partial charge is 0.452 e. The number of carbonyl (C=O) groups is 1. The molecule has 0 aromatic carbocycles. The summed E-state index contributed by atoms with van der Waals surface area (Å²) in [6, 6.07) is 6.13. The van der Waals surface area contributed by atoms with Gasteiger partial charge in [-0.1, -0.05) is 11.3 Å². The number of thiophene rings is 1. The lowest BCUT2D eigenvalue weighted by Gasteiger charge is -1.87. The summed E-state index contributed by atoms with van der Waals surface area (Å²) in [7, 11) is 0. The van der Waals surface area contributed by atoms with E-state index in [1.165, 1.54) is 12.1 Å². The number of carbonyl (C=O) groups excluding carboxylic acids is 1. The Kier molecular flexibility index (Phi) is 2.34. The normalized spacial score (nSPS) is 10.1. The molecule has 0 aliphatic rings. The highest BCUT2D eigenvalue weighted by atomic mass is 32.1. The average Bonchev–Trinajstić information content (AvgIpc) is 2.86. The number of rotatable bonds is 3. The quantitative estimate of drug-likeness (QED) is 0.455. The van der Waals surface area contributed by atoms with E-state index in [4.69, 9.17) is 4.42 Å². The van der Waals surface area contributed by atoms with Crippen LogP contribution in [-0.2, 0) is 0 Å². The van der Waals surface area contributed by atoms with Crippen LogP contribution in [0.15, 0.2) is 28.7 Å². The van der Waals surface area contributed by atoms with Gasteiger partial charge in [-0.3, -0.25) is 14.9 Å². The van der Waals surface area contributed by atoms with Gasteiger partial charge in [-0.15, -0.1) is 0 Å². The lowest BCUT2D eigenvalue weighted by molar-refractivity contribution is -0.380. The molecule has 15 heavy (non-hydrogen) atoms. The molecule has 0 radical (unpaired) electrons. The van der Waals surface area contributed by atoms with Gasteiger partial charge in [0.15, 0.2) is 12.0 Å². The fourth-order valence-corrected chi connectivity index (χ4v) is 1.89. The van der Waals surface area contributed by atoms with Crippen LogP contribution in [0, 0.1) is 10.1 Å². The van der Waals surface area contributed by atoms with Gasteiger partial charge in [-0.25, -0.2) is 0 Å². The van der Waals surface area contributed by atoms with Gasteiger partial charge in [0.05, 0.1) is 9.80 Å². The molecule has 0 unspecified atom stereocenters. The number of aldehydes is 1. The van der Waals surface area contributed by atoms with Crippen LogP contribution in [0.3, 0.4) is 0 Å². The summed E-state index contributed by atoms with van der Waals surface area (Å²) < 4.78 is 5.13. The third-order valence-corrected chi connectivity index (χ3v) is 2.81. The summed E-state index contributed by atoms with van der Waals surface area (Å²) in [5.41, 5.74) is 0. The summed E-state index contributed by atoms with van der Waals surface area (Å²) in [5, 5.41) is 10.5. The lowest BCUT2D eigenvalue weighted by Crippen LogP contribution is -1.80. The fraction of sp³-hybridized carbons (Fsp3) is 0. The molecule has 0 spiro atoms. The molecule has 0 atom stereocenters. The Bertz CT molecular complexity index is 514. The minimum absolute atomic E-state index is 0.0500. The van der Waals surface area contributed by atoms with Gasteiger partial charge in [-0.2, -0.15) is 0 Å². The van der Waals surface area contributed by atoms with E-state index in [1.807, 2.05) is 0 Å². The molecule has 0 N–H and O–H groups in total. The van der Waals surface area contributed by atoms with E-state index in [1.54, 1.807) is 12.1 Å². The number of hydrogen-bond acceptors (Lipinski definition) is 5. The van der Waals surface area contributed by atoms with Gasteiger partial charge >= 0.3 is 5.00 Å². The molecule has 6 heteroatoms. The van der Waals surface area contributed by atoms with E-state index >= 15 is 0 Å². The van der Waals surface area contributed by atoms with Crippen molar-refractivity contribution in [1.29, 1.82) is 0 Å². The van der Waals surface area contributed by atoms with Crippen LogP contribution in [-0.4, -0.2) is 11.2 Å². The van der Waals surface area contributed by atoms with E-state index < -0.39 is 4.92 Å². The van der Waals surface area contributed by atoms with Crippen LogP contribution < -0.4 is 0 Å². The van der Waals surface area contributed by atoms with Crippen molar-refractivity contribution < 1.29 is 14.1 Å². The molecule has 0 bridgehead atoms. The second kappa shape index (κ2) is 3.66. The number of hydrogen-bond donors (Lipinski definition) is 0. The standard InChI is InChI=1S/C9H5NO4S/c11-5-6-1-2-7(14-6)8-3-4-9(15-8)10(12)13/h1-5H.